The Morgan fingerprint density at radius 2 is 1.72 bits per heavy atom. The van der Waals surface area contributed by atoms with Crippen LogP contribution in [0.1, 0.15) is 12.0 Å². The van der Waals surface area contributed by atoms with E-state index < -0.39 is 0 Å². The molecule has 2 aromatic carbocycles. The summed E-state index contributed by atoms with van der Waals surface area (Å²) >= 11 is 0. The van der Waals surface area contributed by atoms with E-state index in [0.717, 1.165) is 39.3 Å². The van der Waals surface area contributed by atoms with E-state index in [-0.39, 0.29) is 5.91 Å². The molecule has 25 heavy (non-hydrogen) atoms. The van der Waals surface area contributed by atoms with Gasteiger partial charge in [0.1, 0.15) is 0 Å². The fourth-order valence-corrected chi connectivity index (χ4v) is 3.29. The summed E-state index contributed by atoms with van der Waals surface area (Å²) in [6.45, 7) is 5.11. The van der Waals surface area contributed by atoms with Gasteiger partial charge in [0.05, 0.1) is 0 Å². The molecule has 1 saturated heterocycles. The van der Waals surface area contributed by atoms with Crippen molar-refractivity contribution in [3.63, 3.8) is 0 Å². The summed E-state index contributed by atoms with van der Waals surface area (Å²) in [7, 11) is 2.09. The molecule has 132 valence electrons. The molecule has 3 rings (SSSR count). The largest absolute Gasteiger partial charge is 0.340 e. The van der Waals surface area contributed by atoms with Gasteiger partial charge in [0, 0.05) is 45.7 Å². The van der Waals surface area contributed by atoms with Crippen molar-refractivity contribution in [2.24, 2.45) is 0 Å². The minimum absolute atomic E-state index is 0.268. The van der Waals surface area contributed by atoms with Gasteiger partial charge in [0.2, 0.25) is 5.91 Å². The highest BCUT2D eigenvalue weighted by Crippen LogP contribution is 2.24. The van der Waals surface area contributed by atoms with Crippen LogP contribution in [-0.2, 0) is 11.3 Å². The van der Waals surface area contributed by atoms with Crippen LogP contribution in [0.5, 0.6) is 0 Å². The molecule has 0 saturated carbocycles. The third kappa shape index (κ3) is 4.91. The summed E-state index contributed by atoms with van der Waals surface area (Å²) in [5.41, 5.74) is 3.80. The van der Waals surface area contributed by atoms with Crippen LogP contribution >= 0.6 is 0 Å². The molecule has 1 N–H and O–H groups in total. The summed E-state index contributed by atoms with van der Waals surface area (Å²) in [6.07, 6.45) is 0.587. The van der Waals surface area contributed by atoms with Crippen molar-refractivity contribution >= 4 is 5.91 Å². The van der Waals surface area contributed by atoms with E-state index in [9.17, 15) is 4.79 Å². The van der Waals surface area contributed by atoms with E-state index in [1.54, 1.807) is 0 Å². The number of piperazine rings is 1. The lowest BCUT2D eigenvalue weighted by atomic mass is 9.99. The van der Waals surface area contributed by atoms with Crippen molar-refractivity contribution in [3.8, 4) is 11.1 Å². The highest BCUT2D eigenvalue weighted by molar-refractivity contribution is 5.76. The van der Waals surface area contributed by atoms with Crippen LogP contribution in [0.4, 0.5) is 0 Å². The predicted octanol–water partition coefficient (Wildman–Crippen LogP) is 2.61. The summed E-state index contributed by atoms with van der Waals surface area (Å²) in [4.78, 5) is 16.5. The van der Waals surface area contributed by atoms with E-state index >= 15 is 0 Å². The monoisotopic (exact) mass is 337 g/mol. The maximum atomic E-state index is 12.3. The summed E-state index contributed by atoms with van der Waals surface area (Å²) in [5, 5.41) is 3.28. The fourth-order valence-electron chi connectivity index (χ4n) is 3.29. The molecule has 0 atom stereocenters. The number of nitrogens with zero attached hydrogens (tertiary/aromatic N) is 2. The number of hydrogen-bond donors (Lipinski definition) is 1. The van der Waals surface area contributed by atoms with Gasteiger partial charge in [-0.05, 0) is 23.7 Å². The van der Waals surface area contributed by atoms with Crippen LogP contribution in [0.25, 0.3) is 11.1 Å². The first-order chi connectivity index (χ1) is 12.2. The second kappa shape index (κ2) is 8.79. The molecule has 0 aromatic heterocycles. The number of amides is 1. The predicted molar refractivity (Wildman–Crippen MR) is 102 cm³/mol. The van der Waals surface area contributed by atoms with Gasteiger partial charge < -0.3 is 15.1 Å². The summed E-state index contributed by atoms with van der Waals surface area (Å²) < 4.78 is 0. The quantitative estimate of drug-likeness (QED) is 0.880. The van der Waals surface area contributed by atoms with Crippen LogP contribution in [0.3, 0.4) is 0 Å². The molecular weight excluding hydrogens is 310 g/mol. The molecule has 1 heterocycles. The van der Waals surface area contributed by atoms with E-state index in [2.05, 4.69) is 65.8 Å². The minimum atomic E-state index is 0.268. The number of nitrogens with one attached hydrogen (secondary N) is 1. The van der Waals surface area contributed by atoms with Gasteiger partial charge in [-0.3, -0.25) is 4.79 Å². The fraction of sp³-hybridized carbons (Fsp3) is 0.381. The zero-order valence-corrected chi connectivity index (χ0v) is 14.9. The Balaban J connectivity index is 1.58. The topological polar surface area (TPSA) is 35.6 Å². The Hall–Kier alpha value is -2.17. The average Bonchev–Trinajstić information content (AvgIpc) is 2.68. The third-order valence-electron chi connectivity index (χ3n) is 4.72. The summed E-state index contributed by atoms with van der Waals surface area (Å²) in [5.74, 6) is 0.268. The third-order valence-corrected chi connectivity index (χ3v) is 4.72. The molecule has 0 unspecified atom stereocenters. The lowest BCUT2D eigenvalue weighted by Crippen LogP contribution is -2.47. The molecule has 0 aliphatic carbocycles. The van der Waals surface area contributed by atoms with Gasteiger partial charge in [0.15, 0.2) is 0 Å². The molecular formula is C21H27N3O. The van der Waals surface area contributed by atoms with Crippen LogP contribution in [0.2, 0.25) is 0 Å². The maximum absolute atomic E-state index is 12.3. The smallest absolute Gasteiger partial charge is 0.223 e. The number of rotatable bonds is 6. The first-order valence-corrected chi connectivity index (χ1v) is 9.04. The Morgan fingerprint density at radius 3 is 2.48 bits per heavy atom. The highest BCUT2D eigenvalue weighted by Gasteiger charge is 2.16. The van der Waals surface area contributed by atoms with Crippen molar-refractivity contribution < 1.29 is 4.79 Å². The van der Waals surface area contributed by atoms with E-state index in [1.807, 2.05) is 11.0 Å². The Labute approximate surface area is 150 Å². The first kappa shape index (κ1) is 17.6. The van der Waals surface area contributed by atoms with Crippen LogP contribution in [0.15, 0.2) is 54.6 Å². The molecule has 2 aromatic rings. The van der Waals surface area contributed by atoms with Crippen LogP contribution in [-0.4, -0.2) is 55.5 Å². The van der Waals surface area contributed by atoms with Crippen molar-refractivity contribution in [1.82, 2.24) is 15.1 Å². The van der Waals surface area contributed by atoms with Crippen molar-refractivity contribution in [2.75, 3.05) is 39.8 Å². The standard InChI is InChI=1S/C21H27N3O/c1-23(14-11-21(25)24-15-12-22-13-16-24)17-19-9-5-6-10-20(19)18-7-3-2-4-8-18/h2-10,22H,11-17H2,1H3. The molecule has 1 amide bonds. The van der Waals surface area contributed by atoms with E-state index in [4.69, 9.17) is 0 Å². The minimum Gasteiger partial charge on any atom is -0.340 e. The molecule has 1 fully saturated rings. The SMILES string of the molecule is CN(CCC(=O)N1CCNCC1)Cc1ccccc1-c1ccccc1. The Kier molecular flexibility index (Phi) is 6.20. The zero-order chi connectivity index (χ0) is 17.5. The second-order valence-corrected chi connectivity index (χ2v) is 6.64. The molecule has 0 radical (unpaired) electrons. The maximum Gasteiger partial charge on any atom is 0.223 e. The van der Waals surface area contributed by atoms with Gasteiger partial charge in [-0.1, -0.05) is 54.6 Å². The Bertz CT molecular complexity index is 681. The van der Waals surface area contributed by atoms with Gasteiger partial charge in [-0.25, -0.2) is 0 Å². The first-order valence-electron chi connectivity index (χ1n) is 9.04. The molecule has 0 spiro atoms. The average molecular weight is 337 g/mol. The second-order valence-electron chi connectivity index (χ2n) is 6.64. The number of hydrogen-bond acceptors (Lipinski definition) is 3. The molecule has 4 nitrogen and oxygen atoms in total. The van der Waals surface area contributed by atoms with Crippen LogP contribution in [0, 0.1) is 0 Å². The molecule has 1 aliphatic heterocycles. The molecule has 0 bridgehead atoms. The van der Waals surface area contributed by atoms with Gasteiger partial charge >= 0.3 is 0 Å². The van der Waals surface area contributed by atoms with Crippen molar-refractivity contribution in [2.45, 2.75) is 13.0 Å². The lowest BCUT2D eigenvalue weighted by molar-refractivity contribution is -0.132. The van der Waals surface area contributed by atoms with Gasteiger partial charge in [0.25, 0.3) is 0 Å². The number of carbonyl (C=O) groups excluding carboxylic acids is 1. The Morgan fingerprint density at radius 1 is 1.04 bits per heavy atom. The zero-order valence-electron chi connectivity index (χ0n) is 14.9. The lowest BCUT2D eigenvalue weighted by Gasteiger charge is -2.28. The van der Waals surface area contributed by atoms with Gasteiger partial charge in [-0.15, -0.1) is 0 Å². The normalized spacial score (nSPS) is 14.7. The number of carbonyl (C=O) groups is 1. The van der Waals surface area contributed by atoms with E-state index in [0.29, 0.717) is 6.42 Å². The molecule has 4 heteroatoms. The van der Waals surface area contributed by atoms with Crippen LogP contribution < -0.4 is 5.32 Å². The van der Waals surface area contributed by atoms with Crippen molar-refractivity contribution in [3.05, 3.63) is 60.2 Å². The summed E-state index contributed by atoms with van der Waals surface area (Å²) in [6, 6.07) is 19.0. The van der Waals surface area contributed by atoms with E-state index in [1.165, 1.54) is 16.7 Å². The molecule has 1 aliphatic rings. The van der Waals surface area contributed by atoms with Gasteiger partial charge in [-0.2, -0.15) is 0 Å². The van der Waals surface area contributed by atoms with Crippen molar-refractivity contribution in [1.29, 1.82) is 0 Å². The highest BCUT2D eigenvalue weighted by atomic mass is 16.2. The number of benzene rings is 2.